The van der Waals surface area contributed by atoms with Crippen LogP contribution in [0.15, 0.2) is 52.3 Å². The highest BCUT2D eigenvalue weighted by Crippen LogP contribution is 2.48. The summed E-state index contributed by atoms with van der Waals surface area (Å²) in [4.78, 5) is 2.53. The Labute approximate surface area is 160 Å². The van der Waals surface area contributed by atoms with Crippen molar-refractivity contribution in [2.24, 2.45) is 11.8 Å². The smallest absolute Gasteiger partial charge is 0.206 e. The Morgan fingerprint density at radius 3 is 2.48 bits per heavy atom. The van der Waals surface area contributed by atoms with E-state index >= 15 is 0 Å². The zero-order valence-corrected chi connectivity index (χ0v) is 16.6. The number of anilines is 1. The molecule has 1 N–H and O–H groups in total. The van der Waals surface area contributed by atoms with E-state index in [-0.39, 0.29) is 15.7 Å². The van der Waals surface area contributed by atoms with Crippen molar-refractivity contribution in [3.8, 4) is 0 Å². The summed E-state index contributed by atoms with van der Waals surface area (Å²) in [7, 11) is -1.66. The van der Waals surface area contributed by atoms with Crippen molar-refractivity contribution in [1.29, 1.82) is 0 Å². The maximum atomic E-state index is 13.6. The van der Waals surface area contributed by atoms with Gasteiger partial charge in [0, 0.05) is 24.7 Å². The molecule has 6 heteroatoms. The van der Waals surface area contributed by atoms with E-state index in [9.17, 15) is 12.8 Å². The molecule has 4 nitrogen and oxygen atoms in total. The highest BCUT2D eigenvalue weighted by atomic mass is 32.2. The molecule has 1 saturated heterocycles. The lowest BCUT2D eigenvalue weighted by molar-refractivity contribution is 0.374. The number of nitrogens with one attached hydrogen (secondary N) is 1. The van der Waals surface area contributed by atoms with Gasteiger partial charge in [-0.05, 0) is 66.9 Å². The molecule has 2 unspecified atom stereocenters. The largest absolute Gasteiger partial charge is 0.370 e. The monoisotopic (exact) mass is 388 g/mol. The summed E-state index contributed by atoms with van der Waals surface area (Å²) < 4.78 is 39.7. The van der Waals surface area contributed by atoms with Crippen molar-refractivity contribution >= 4 is 15.5 Å². The molecule has 2 heterocycles. The second-order valence-corrected chi connectivity index (χ2v) is 9.87. The first-order valence-electron chi connectivity index (χ1n) is 9.39. The van der Waals surface area contributed by atoms with Gasteiger partial charge in [-0.3, -0.25) is 0 Å². The van der Waals surface area contributed by atoms with Crippen LogP contribution in [0.5, 0.6) is 0 Å². The fourth-order valence-electron chi connectivity index (χ4n) is 4.81. The van der Waals surface area contributed by atoms with Gasteiger partial charge in [0.05, 0.1) is 9.79 Å². The number of fused-ring (bicyclic) bond motifs is 3. The minimum Gasteiger partial charge on any atom is -0.370 e. The van der Waals surface area contributed by atoms with Crippen molar-refractivity contribution in [3.05, 3.63) is 53.8 Å². The lowest BCUT2D eigenvalue weighted by Gasteiger charge is -2.32. The van der Waals surface area contributed by atoms with Crippen LogP contribution in [0.1, 0.15) is 25.3 Å². The summed E-state index contributed by atoms with van der Waals surface area (Å²) in [6.07, 6.45) is 0. The van der Waals surface area contributed by atoms with Gasteiger partial charge in [0.15, 0.2) is 0 Å². The van der Waals surface area contributed by atoms with Gasteiger partial charge in [-0.25, -0.2) is 12.8 Å². The Hall–Kier alpha value is -1.92. The molecule has 0 spiro atoms. The first-order chi connectivity index (χ1) is 12.8. The molecule has 4 atom stereocenters. The molecule has 144 valence electrons. The van der Waals surface area contributed by atoms with Crippen LogP contribution in [-0.2, 0) is 9.84 Å². The van der Waals surface area contributed by atoms with Crippen LogP contribution >= 0.6 is 0 Å². The van der Waals surface area contributed by atoms with Gasteiger partial charge < -0.3 is 10.2 Å². The lowest BCUT2D eigenvalue weighted by Crippen LogP contribution is -2.39. The van der Waals surface area contributed by atoms with Crippen LogP contribution in [0.4, 0.5) is 10.1 Å². The van der Waals surface area contributed by atoms with Crippen LogP contribution in [0.3, 0.4) is 0 Å². The fourth-order valence-corrected chi connectivity index (χ4v) is 6.14. The standard InChI is InChI=1S/C21H25FN2O2S/c1-13-11-23-12-14(2)21-20(13)18-10-17(7-8-19(18)24(21)3)27(25,26)16-6-4-5-15(22)9-16/h4-10,13-14,20-21,23H,11-12H2,1-3H3/t13?,14?,20-,21-/m1/s1. The predicted molar refractivity (Wildman–Crippen MR) is 104 cm³/mol. The molecule has 0 bridgehead atoms. The van der Waals surface area contributed by atoms with Crippen molar-refractivity contribution < 1.29 is 12.8 Å². The average molecular weight is 389 g/mol. The number of sulfone groups is 1. The molecule has 1 fully saturated rings. The Bertz CT molecular complexity index is 976. The molecule has 2 aromatic rings. The van der Waals surface area contributed by atoms with E-state index in [2.05, 4.69) is 31.1 Å². The fraction of sp³-hybridized carbons (Fsp3) is 0.429. The topological polar surface area (TPSA) is 49.4 Å². The van der Waals surface area contributed by atoms with Gasteiger partial charge in [0.2, 0.25) is 9.84 Å². The van der Waals surface area contributed by atoms with Gasteiger partial charge in [-0.1, -0.05) is 19.9 Å². The molecule has 0 radical (unpaired) electrons. The first-order valence-corrected chi connectivity index (χ1v) is 10.9. The summed E-state index contributed by atoms with van der Waals surface area (Å²) in [6, 6.07) is 10.9. The zero-order valence-electron chi connectivity index (χ0n) is 15.8. The molecule has 2 aliphatic heterocycles. The number of nitrogens with zero attached hydrogens (tertiary/aromatic N) is 1. The Balaban J connectivity index is 1.82. The summed E-state index contributed by atoms with van der Waals surface area (Å²) in [5.74, 6) is 0.586. The number of hydrogen-bond acceptors (Lipinski definition) is 4. The third kappa shape index (κ3) is 2.95. The molecule has 4 rings (SSSR count). The number of rotatable bonds is 2. The van der Waals surface area contributed by atoms with Crippen LogP contribution < -0.4 is 10.2 Å². The summed E-state index contributed by atoms with van der Waals surface area (Å²) >= 11 is 0. The zero-order chi connectivity index (χ0) is 19.3. The number of halogens is 1. The minimum atomic E-state index is -3.75. The van der Waals surface area contributed by atoms with Gasteiger partial charge in [0.1, 0.15) is 5.82 Å². The second kappa shape index (κ2) is 6.60. The van der Waals surface area contributed by atoms with E-state index in [0.29, 0.717) is 17.9 Å². The normalized spacial score (nSPS) is 27.8. The highest BCUT2D eigenvalue weighted by Gasteiger charge is 2.44. The number of likely N-dealkylation sites (N-methyl/N-ethyl adjacent to an activating group) is 1. The molecular formula is C21H25FN2O2S. The minimum absolute atomic E-state index is 0.00528. The van der Waals surface area contributed by atoms with E-state index in [1.807, 2.05) is 12.1 Å². The van der Waals surface area contributed by atoms with Crippen LogP contribution in [0.2, 0.25) is 0 Å². The SMILES string of the molecule is CC1CNCC(C)[C@@H]2c3cc(S(=O)(=O)c4cccc(F)c4)ccc3N(C)[C@H]12. The quantitative estimate of drug-likeness (QED) is 0.856. The molecule has 2 aliphatic rings. The second-order valence-electron chi connectivity index (χ2n) is 7.92. The van der Waals surface area contributed by atoms with Crippen molar-refractivity contribution in [2.75, 3.05) is 25.0 Å². The van der Waals surface area contributed by atoms with Crippen LogP contribution in [0.25, 0.3) is 0 Å². The van der Waals surface area contributed by atoms with Crippen LogP contribution in [0, 0.1) is 17.7 Å². The Morgan fingerprint density at radius 1 is 1.04 bits per heavy atom. The van der Waals surface area contributed by atoms with Crippen LogP contribution in [-0.4, -0.2) is 34.6 Å². The van der Waals surface area contributed by atoms with Gasteiger partial charge in [-0.2, -0.15) is 0 Å². The number of hydrogen-bond donors (Lipinski definition) is 1. The Morgan fingerprint density at radius 2 is 1.74 bits per heavy atom. The van der Waals surface area contributed by atoms with E-state index < -0.39 is 15.7 Å². The number of benzene rings is 2. The summed E-state index contributed by atoms with van der Waals surface area (Å²) in [5.41, 5.74) is 2.19. The van der Waals surface area contributed by atoms with E-state index in [4.69, 9.17) is 0 Å². The molecule has 0 amide bonds. The van der Waals surface area contributed by atoms with E-state index in [1.54, 1.807) is 6.07 Å². The van der Waals surface area contributed by atoms with Crippen molar-refractivity contribution in [2.45, 2.75) is 35.6 Å². The highest BCUT2D eigenvalue weighted by molar-refractivity contribution is 7.91. The van der Waals surface area contributed by atoms with Gasteiger partial charge in [0.25, 0.3) is 0 Å². The summed E-state index contributed by atoms with van der Waals surface area (Å²) in [6.45, 7) is 6.34. The van der Waals surface area contributed by atoms with E-state index in [1.165, 1.54) is 18.2 Å². The lowest BCUT2D eigenvalue weighted by atomic mass is 9.80. The third-order valence-corrected chi connectivity index (χ3v) is 7.85. The third-order valence-electron chi connectivity index (χ3n) is 6.10. The van der Waals surface area contributed by atoms with Gasteiger partial charge in [-0.15, -0.1) is 0 Å². The molecule has 27 heavy (non-hydrogen) atoms. The van der Waals surface area contributed by atoms with Crippen molar-refractivity contribution in [1.82, 2.24) is 5.32 Å². The van der Waals surface area contributed by atoms with E-state index in [0.717, 1.165) is 30.4 Å². The summed E-state index contributed by atoms with van der Waals surface area (Å²) in [5, 5.41) is 3.52. The molecule has 0 saturated carbocycles. The Kier molecular flexibility index (Phi) is 4.51. The van der Waals surface area contributed by atoms with Crippen molar-refractivity contribution in [3.63, 3.8) is 0 Å². The predicted octanol–water partition coefficient (Wildman–Crippen LogP) is 3.44. The maximum absolute atomic E-state index is 13.6. The van der Waals surface area contributed by atoms with Gasteiger partial charge >= 0.3 is 0 Å². The molecular weight excluding hydrogens is 363 g/mol. The molecule has 0 aliphatic carbocycles. The first kappa shape index (κ1) is 18.4. The maximum Gasteiger partial charge on any atom is 0.206 e. The molecule has 2 aromatic carbocycles. The average Bonchev–Trinajstić information content (AvgIpc) is 2.84. The molecule has 0 aromatic heterocycles.